The molecule has 0 unspecified atom stereocenters. The maximum Gasteiger partial charge on any atom is 0.240 e. The average Bonchev–Trinajstić information content (AvgIpc) is 2.74. The molecule has 0 saturated carbocycles. The number of hydrogen-bond donors (Lipinski definition) is 1. The zero-order chi connectivity index (χ0) is 14.8. The Morgan fingerprint density at radius 3 is 2.65 bits per heavy atom. The predicted octanol–water partition coefficient (Wildman–Crippen LogP) is 1.56. The molecule has 0 aliphatic heterocycles. The van der Waals surface area contributed by atoms with Crippen LogP contribution in [0.15, 0.2) is 35.6 Å². The number of rotatable bonds is 5. The van der Waals surface area contributed by atoms with Gasteiger partial charge in [-0.15, -0.1) is 0 Å². The van der Waals surface area contributed by atoms with E-state index in [4.69, 9.17) is 0 Å². The molecule has 0 saturated heterocycles. The fourth-order valence-corrected chi connectivity index (χ4v) is 3.34. The number of aromatic nitrogens is 2. The third-order valence-electron chi connectivity index (χ3n) is 3.05. The topological polar surface area (TPSA) is 64.0 Å². The summed E-state index contributed by atoms with van der Waals surface area (Å²) in [6.07, 6.45) is 4.16. The summed E-state index contributed by atoms with van der Waals surface area (Å²) >= 11 is 0. The molecule has 0 spiro atoms. The molecule has 0 fully saturated rings. The first kappa shape index (κ1) is 14.7. The number of sulfonamides is 1. The van der Waals surface area contributed by atoms with Crippen LogP contribution in [0.2, 0.25) is 0 Å². The molecule has 0 amide bonds. The molecule has 2 aromatic rings. The van der Waals surface area contributed by atoms with Crippen molar-refractivity contribution >= 4 is 10.0 Å². The van der Waals surface area contributed by atoms with E-state index in [2.05, 4.69) is 9.71 Å². The van der Waals surface area contributed by atoms with E-state index in [1.807, 2.05) is 30.8 Å². The maximum atomic E-state index is 12.2. The normalized spacial score (nSPS) is 11.8. The summed E-state index contributed by atoms with van der Waals surface area (Å²) < 4.78 is 28.9. The van der Waals surface area contributed by atoms with Crippen LogP contribution in [0.4, 0.5) is 0 Å². The first-order valence-corrected chi connectivity index (χ1v) is 7.90. The van der Waals surface area contributed by atoms with Gasteiger partial charge in [0.15, 0.2) is 0 Å². The monoisotopic (exact) mass is 293 g/mol. The van der Waals surface area contributed by atoms with Gasteiger partial charge in [0.1, 0.15) is 0 Å². The number of hydrogen-bond acceptors (Lipinski definition) is 3. The van der Waals surface area contributed by atoms with Gasteiger partial charge in [0.05, 0.1) is 16.9 Å². The fourth-order valence-electron chi connectivity index (χ4n) is 2.09. The summed E-state index contributed by atoms with van der Waals surface area (Å²) in [5, 5.41) is 0. The Bertz CT molecular complexity index is 705. The van der Waals surface area contributed by atoms with Crippen LogP contribution in [0, 0.1) is 13.8 Å². The van der Waals surface area contributed by atoms with Crippen molar-refractivity contribution in [3.8, 4) is 0 Å². The van der Waals surface area contributed by atoms with Crippen LogP contribution in [-0.2, 0) is 23.5 Å². The van der Waals surface area contributed by atoms with Gasteiger partial charge in [0.25, 0.3) is 0 Å². The molecule has 1 N–H and O–H groups in total. The summed E-state index contributed by atoms with van der Waals surface area (Å²) in [4.78, 5) is 4.50. The highest BCUT2D eigenvalue weighted by Crippen LogP contribution is 2.16. The summed E-state index contributed by atoms with van der Waals surface area (Å²) in [5.41, 5.74) is 2.68. The van der Waals surface area contributed by atoms with E-state index < -0.39 is 10.0 Å². The number of aryl methyl sites for hydroxylation is 3. The molecular formula is C14H19N3O2S. The summed E-state index contributed by atoms with van der Waals surface area (Å²) in [6.45, 7) is 4.09. The molecule has 108 valence electrons. The lowest BCUT2D eigenvalue weighted by atomic mass is 10.2. The van der Waals surface area contributed by atoms with Crippen molar-refractivity contribution in [1.29, 1.82) is 0 Å². The molecular weight excluding hydrogens is 274 g/mol. The van der Waals surface area contributed by atoms with Gasteiger partial charge in [-0.05, 0) is 25.5 Å². The molecule has 0 radical (unpaired) electrons. The fraction of sp³-hybridized carbons (Fsp3) is 0.357. The average molecular weight is 293 g/mol. The molecule has 1 heterocycles. The van der Waals surface area contributed by atoms with Gasteiger partial charge in [-0.3, -0.25) is 0 Å². The van der Waals surface area contributed by atoms with Gasteiger partial charge < -0.3 is 4.57 Å². The van der Waals surface area contributed by atoms with E-state index in [0.29, 0.717) is 17.9 Å². The Morgan fingerprint density at radius 2 is 2.05 bits per heavy atom. The Hall–Kier alpha value is -1.66. The lowest BCUT2D eigenvalue weighted by molar-refractivity contribution is 0.580. The number of nitrogens with zero attached hydrogens (tertiary/aromatic N) is 2. The summed E-state index contributed by atoms with van der Waals surface area (Å²) in [7, 11) is -1.57. The Balaban J connectivity index is 2.04. The first-order chi connectivity index (χ1) is 9.38. The van der Waals surface area contributed by atoms with E-state index in [1.165, 1.54) is 0 Å². The Morgan fingerprint density at radius 1 is 1.30 bits per heavy atom. The largest absolute Gasteiger partial charge is 0.340 e. The summed E-state index contributed by atoms with van der Waals surface area (Å²) in [5.74, 6) is 0. The van der Waals surface area contributed by atoms with Crippen LogP contribution >= 0.6 is 0 Å². The second kappa shape index (κ2) is 5.76. The first-order valence-electron chi connectivity index (χ1n) is 6.42. The number of nitrogens with one attached hydrogen (secondary N) is 1. The van der Waals surface area contributed by atoms with E-state index in [1.54, 1.807) is 25.4 Å². The summed E-state index contributed by atoms with van der Waals surface area (Å²) in [6, 6.07) is 5.32. The van der Waals surface area contributed by atoms with Gasteiger partial charge >= 0.3 is 0 Å². The van der Waals surface area contributed by atoms with Gasteiger partial charge in [-0.25, -0.2) is 18.1 Å². The predicted molar refractivity (Wildman–Crippen MR) is 78.0 cm³/mol. The standard InChI is InChI=1S/C14H19N3O2S/c1-11-4-5-14(12(2)8-11)20(18,19)16-7-6-13-9-17(3)10-15-13/h4-5,8-10,16H,6-7H2,1-3H3. The molecule has 5 nitrogen and oxygen atoms in total. The lowest BCUT2D eigenvalue weighted by Gasteiger charge is -2.09. The van der Waals surface area contributed by atoms with Gasteiger partial charge in [-0.1, -0.05) is 17.7 Å². The van der Waals surface area contributed by atoms with Crippen LogP contribution in [0.5, 0.6) is 0 Å². The SMILES string of the molecule is Cc1ccc(S(=O)(=O)NCCc2cn(C)cn2)c(C)c1. The van der Waals surface area contributed by atoms with E-state index in [-0.39, 0.29) is 0 Å². The van der Waals surface area contributed by atoms with Crippen molar-refractivity contribution in [2.45, 2.75) is 25.2 Å². The highest BCUT2D eigenvalue weighted by molar-refractivity contribution is 7.89. The van der Waals surface area contributed by atoms with Crippen molar-refractivity contribution in [2.75, 3.05) is 6.54 Å². The Kier molecular flexibility index (Phi) is 4.25. The number of benzene rings is 1. The van der Waals surface area contributed by atoms with Crippen molar-refractivity contribution in [3.05, 3.63) is 47.5 Å². The van der Waals surface area contributed by atoms with Gasteiger partial charge in [-0.2, -0.15) is 0 Å². The number of imidazole rings is 1. The minimum absolute atomic E-state index is 0.337. The van der Waals surface area contributed by atoms with Crippen LogP contribution in [-0.4, -0.2) is 24.5 Å². The van der Waals surface area contributed by atoms with E-state index >= 15 is 0 Å². The zero-order valence-corrected chi connectivity index (χ0v) is 12.7. The molecule has 0 aliphatic rings. The quantitative estimate of drug-likeness (QED) is 0.910. The van der Waals surface area contributed by atoms with Crippen molar-refractivity contribution < 1.29 is 8.42 Å². The maximum absolute atomic E-state index is 12.2. The molecule has 6 heteroatoms. The van der Waals surface area contributed by atoms with E-state index in [0.717, 1.165) is 16.8 Å². The smallest absolute Gasteiger partial charge is 0.240 e. The van der Waals surface area contributed by atoms with Crippen molar-refractivity contribution in [2.24, 2.45) is 7.05 Å². The third kappa shape index (κ3) is 3.46. The van der Waals surface area contributed by atoms with Crippen LogP contribution in [0.1, 0.15) is 16.8 Å². The Labute approximate surface area is 119 Å². The van der Waals surface area contributed by atoms with Gasteiger partial charge in [0, 0.05) is 26.2 Å². The van der Waals surface area contributed by atoms with Crippen LogP contribution in [0.25, 0.3) is 0 Å². The molecule has 2 rings (SSSR count). The molecule has 0 atom stereocenters. The highest BCUT2D eigenvalue weighted by Gasteiger charge is 2.16. The molecule has 0 aliphatic carbocycles. The third-order valence-corrected chi connectivity index (χ3v) is 4.67. The highest BCUT2D eigenvalue weighted by atomic mass is 32.2. The van der Waals surface area contributed by atoms with Crippen molar-refractivity contribution in [1.82, 2.24) is 14.3 Å². The van der Waals surface area contributed by atoms with Gasteiger partial charge in [0.2, 0.25) is 10.0 Å². The molecule has 20 heavy (non-hydrogen) atoms. The van der Waals surface area contributed by atoms with E-state index in [9.17, 15) is 8.42 Å². The van der Waals surface area contributed by atoms with Crippen LogP contribution < -0.4 is 4.72 Å². The molecule has 1 aromatic carbocycles. The lowest BCUT2D eigenvalue weighted by Crippen LogP contribution is -2.26. The van der Waals surface area contributed by atoms with Crippen molar-refractivity contribution in [3.63, 3.8) is 0 Å². The minimum atomic E-state index is -3.46. The molecule has 1 aromatic heterocycles. The second-order valence-electron chi connectivity index (χ2n) is 4.95. The zero-order valence-electron chi connectivity index (χ0n) is 11.9. The van der Waals surface area contributed by atoms with Crippen LogP contribution in [0.3, 0.4) is 0 Å². The second-order valence-corrected chi connectivity index (χ2v) is 6.68. The molecule has 0 bridgehead atoms. The minimum Gasteiger partial charge on any atom is -0.340 e.